The molecule has 5 nitrogen and oxygen atoms in total. The van der Waals surface area contributed by atoms with Gasteiger partial charge in [0.25, 0.3) is 5.56 Å². The SMILES string of the molecule is Cc1ncc(-c2nc(C3CCCNC3)cc(=O)[nH]2)s1. The van der Waals surface area contributed by atoms with E-state index in [9.17, 15) is 4.79 Å². The highest BCUT2D eigenvalue weighted by molar-refractivity contribution is 7.14. The fourth-order valence-corrected chi connectivity index (χ4v) is 3.10. The van der Waals surface area contributed by atoms with Gasteiger partial charge in [0.2, 0.25) is 0 Å². The summed E-state index contributed by atoms with van der Waals surface area (Å²) in [6, 6.07) is 1.62. The van der Waals surface area contributed by atoms with E-state index in [0.29, 0.717) is 11.7 Å². The number of aryl methyl sites for hydroxylation is 1. The predicted octanol–water partition coefficient (Wildman–Crippen LogP) is 1.67. The second-order valence-corrected chi connectivity index (χ2v) is 6.04. The van der Waals surface area contributed by atoms with Gasteiger partial charge in [-0.05, 0) is 26.3 Å². The normalized spacial score (nSPS) is 19.5. The third-order valence-electron chi connectivity index (χ3n) is 3.33. The largest absolute Gasteiger partial charge is 0.316 e. The van der Waals surface area contributed by atoms with Crippen molar-refractivity contribution in [3.63, 3.8) is 0 Å². The zero-order valence-corrected chi connectivity index (χ0v) is 11.6. The van der Waals surface area contributed by atoms with Crippen molar-refractivity contribution in [1.29, 1.82) is 0 Å². The van der Waals surface area contributed by atoms with E-state index in [2.05, 4.69) is 20.3 Å². The smallest absolute Gasteiger partial charge is 0.251 e. The number of piperidine rings is 1. The van der Waals surface area contributed by atoms with Gasteiger partial charge in [-0.1, -0.05) is 0 Å². The molecule has 1 fully saturated rings. The number of nitrogens with zero attached hydrogens (tertiary/aromatic N) is 2. The zero-order chi connectivity index (χ0) is 13.2. The average Bonchev–Trinajstić information content (AvgIpc) is 2.86. The van der Waals surface area contributed by atoms with Crippen LogP contribution in [0.3, 0.4) is 0 Å². The van der Waals surface area contributed by atoms with E-state index in [0.717, 1.165) is 41.5 Å². The molecule has 100 valence electrons. The van der Waals surface area contributed by atoms with Gasteiger partial charge in [-0.15, -0.1) is 11.3 Å². The Kier molecular flexibility index (Phi) is 3.44. The van der Waals surface area contributed by atoms with Crippen LogP contribution in [0.4, 0.5) is 0 Å². The van der Waals surface area contributed by atoms with Gasteiger partial charge in [0.05, 0.1) is 15.6 Å². The van der Waals surface area contributed by atoms with Gasteiger partial charge in [0, 0.05) is 24.7 Å². The molecule has 1 unspecified atom stereocenters. The van der Waals surface area contributed by atoms with Crippen LogP contribution in [0.5, 0.6) is 0 Å². The molecule has 1 saturated heterocycles. The van der Waals surface area contributed by atoms with E-state index in [1.165, 1.54) is 0 Å². The van der Waals surface area contributed by atoms with Gasteiger partial charge < -0.3 is 10.3 Å². The molecular formula is C13H16N4OS. The molecule has 0 spiro atoms. The molecule has 19 heavy (non-hydrogen) atoms. The summed E-state index contributed by atoms with van der Waals surface area (Å²) in [5.74, 6) is 0.975. The quantitative estimate of drug-likeness (QED) is 0.875. The summed E-state index contributed by atoms with van der Waals surface area (Å²) in [7, 11) is 0. The van der Waals surface area contributed by atoms with Gasteiger partial charge in [-0.25, -0.2) is 9.97 Å². The van der Waals surface area contributed by atoms with Gasteiger partial charge in [-0.3, -0.25) is 4.79 Å². The first-order chi connectivity index (χ1) is 9.22. The first kappa shape index (κ1) is 12.5. The second-order valence-electron chi connectivity index (χ2n) is 4.81. The zero-order valence-electron chi connectivity index (χ0n) is 10.8. The molecule has 0 aliphatic carbocycles. The molecule has 3 heterocycles. The van der Waals surface area contributed by atoms with E-state index >= 15 is 0 Å². The van der Waals surface area contributed by atoms with Crippen LogP contribution < -0.4 is 10.9 Å². The van der Waals surface area contributed by atoms with Crippen LogP contribution in [-0.4, -0.2) is 28.0 Å². The molecule has 2 aromatic heterocycles. The number of aromatic nitrogens is 3. The maximum Gasteiger partial charge on any atom is 0.251 e. The van der Waals surface area contributed by atoms with Crippen molar-refractivity contribution in [2.75, 3.05) is 13.1 Å². The summed E-state index contributed by atoms with van der Waals surface area (Å²) in [5.41, 5.74) is 0.800. The molecular weight excluding hydrogens is 260 g/mol. The monoisotopic (exact) mass is 276 g/mol. The maximum atomic E-state index is 11.8. The van der Waals surface area contributed by atoms with Crippen molar-refractivity contribution in [3.8, 4) is 10.7 Å². The number of hydrogen-bond donors (Lipinski definition) is 2. The van der Waals surface area contributed by atoms with Crippen molar-refractivity contribution in [2.24, 2.45) is 0 Å². The average molecular weight is 276 g/mol. The summed E-state index contributed by atoms with van der Waals surface area (Å²) >= 11 is 1.55. The molecule has 0 amide bonds. The third-order valence-corrected chi connectivity index (χ3v) is 4.25. The number of thiazole rings is 1. The summed E-state index contributed by atoms with van der Waals surface area (Å²) in [5, 5.41) is 4.33. The number of rotatable bonds is 2. The van der Waals surface area contributed by atoms with E-state index < -0.39 is 0 Å². The van der Waals surface area contributed by atoms with Gasteiger partial charge in [-0.2, -0.15) is 0 Å². The van der Waals surface area contributed by atoms with Crippen molar-refractivity contribution in [3.05, 3.63) is 33.3 Å². The van der Waals surface area contributed by atoms with E-state index in [1.807, 2.05) is 6.92 Å². The minimum absolute atomic E-state index is 0.0865. The molecule has 0 radical (unpaired) electrons. The Balaban J connectivity index is 1.98. The summed E-state index contributed by atoms with van der Waals surface area (Å²) in [6.45, 7) is 3.90. The fourth-order valence-electron chi connectivity index (χ4n) is 2.38. The molecule has 2 N–H and O–H groups in total. The molecule has 1 aliphatic heterocycles. The van der Waals surface area contributed by atoms with Crippen molar-refractivity contribution < 1.29 is 0 Å². The van der Waals surface area contributed by atoms with E-state index in [1.54, 1.807) is 23.6 Å². The molecule has 1 aliphatic rings. The minimum atomic E-state index is -0.0865. The molecule has 0 aromatic carbocycles. The highest BCUT2D eigenvalue weighted by atomic mass is 32.1. The van der Waals surface area contributed by atoms with Crippen LogP contribution in [0.15, 0.2) is 17.1 Å². The Hall–Kier alpha value is -1.53. The van der Waals surface area contributed by atoms with Crippen LogP contribution in [-0.2, 0) is 0 Å². The Labute approximate surface area is 115 Å². The van der Waals surface area contributed by atoms with Crippen molar-refractivity contribution in [2.45, 2.75) is 25.7 Å². The highest BCUT2D eigenvalue weighted by Crippen LogP contribution is 2.25. The van der Waals surface area contributed by atoms with Crippen LogP contribution in [0, 0.1) is 6.92 Å². The molecule has 2 aromatic rings. The second kappa shape index (κ2) is 5.22. The van der Waals surface area contributed by atoms with E-state index in [-0.39, 0.29) is 5.56 Å². The number of H-pyrrole nitrogens is 1. The van der Waals surface area contributed by atoms with Gasteiger partial charge in [0.1, 0.15) is 0 Å². The van der Waals surface area contributed by atoms with Crippen LogP contribution >= 0.6 is 11.3 Å². The Morgan fingerprint density at radius 1 is 1.47 bits per heavy atom. The predicted molar refractivity (Wildman–Crippen MR) is 75.5 cm³/mol. The lowest BCUT2D eigenvalue weighted by molar-refractivity contribution is 0.454. The Morgan fingerprint density at radius 2 is 2.37 bits per heavy atom. The first-order valence-corrected chi connectivity index (χ1v) is 7.29. The summed E-state index contributed by atoms with van der Waals surface area (Å²) in [4.78, 5) is 24.3. The van der Waals surface area contributed by atoms with E-state index in [4.69, 9.17) is 0 Å². The third kappa shape index (κ3) is 2.74. The molecule has 0 bridgehead atoms. The fraction of sp³-hybridized carbons (Fsp3) is 0.462. The molecule has 0 saturated carbocycles. The Bertz CT molecular complexity index is 628. The molecule has 6 heteroatoms. The number of nitrogens with one attached hydrogen (secondary N) is 2. The van der Waals surface area contributed by atoms with Crippen molar-refractivity contribution in [1.82, 2.24) is 20.3 Å². The lowest BCUT2D eigenvalue weighted by Crippen LogP contribution is -2.29. The standard InChI is InChI=1S/C13H16N4OS/c1-8-15-7-11(19-8)13-16-10(5-12(18)17-13)9-3-2-4-14-6-9/h5,7,9,14H,2-4,6H2,1H3,(H,16,17,18). The Morgan fingerprint density at radius 3 is 3.05 bits per heavy atom. The van der Waals surface area contributed by atoms with Crippen LogP contribution in [0.1, 0.15) is 29.5 Å². The van der Waals surface area contributed by atoms with Crippen LogP contribution in [0.25, 0.3) is 10.7 Å². The number of aromatic amines is 1. The highest BCUT2D eigenvalue weighted by Gasteiger charge is 2.18. The van der Waals surface area contributed by atoms with Crippen LogP contribution in [0.2, 0.25) is 0 Å². The first-order valence-electron chi connectivity index (χ1n) is 6.47. The number of hydrogen-bond acceptors (Lipinski definition) is 5. The van der Waals surface area contributed by atoms with Crippen molar-refractivity contribution >= 4 is 11.3 Å². The molecule has 1 atom stereocenters. The lowest BCUT2D eigenvalue weighted by atomic mass is 9.96. The minimum Gasteiger partial charge on any atom is -0.316 e. The lowest BCUT2D eigenvalue weighted by Gasteiger charge is -2.22. The topological polar surface area (TPSA) is 70.7 Å². The maximum absolute atomic E-state index is 11.8. The summed E-state index contributed by atoms with van der Waals surface area (Å²) in [6.07, 6.45) is 3.99. The summed E-state index contributed by atoms with van der Waals surface area (Å²) < 4.78 is 0. The van der Waals surface area contributed by atoms with Gasteiger partial charge >= 0.3 is 0 Å². The van der Waals surface area contributed by atoms with Gasteiger partial charge in [0.15, 0.2) is 5.82 Å². The molecule has 3 rings (SSSR count).